The van der Waals surface area contributed by atoms with E-state index in [0.29, 0.717) is 0 Å². The summed E-state index contributed by atoms with van der Waals surface area (Å²) in [5.74, 6) is 0. The van der Waals surface area contributed by atoms with Gasteiger partial charge in [0.05, 0.1) is 0 Å². The van der Waals surface area contributed by atoms with Crippen LogP contribution in [0.3, 0.4) is 0 Å². The fourth-order valence-electron chi connectivity index (χ4n) is 0.660. The van der Waals surface area contributed by atoms with Crippen molar-refractivity contribution in [3.63, 3.8) is 0 Å². The standard InChI is InChI=1S/C8H25N3Si2/c1-8(2,3)9-10-12-11(4)13(5,6)7/h9-10H,12H2,1-7H3. The molecule has 80 valence electrons. The van der Waals surface area contributed by atoms with Gasteiger partial charge in [-0.1, -0.05) is 19.6 Å². The normalized spacial score (nSPS) is 14.8. The van der Waals surface area contributed by atoms with E-state index in [2.05, 4.69) is 62.2 Å². The van der Waals surface area contributed by atoms with E-state index < -0.39 is 8.24 Å². The molecule has 0 spiro atoms. The summed E-state index contributed by atoms with van der Waals surface area (Å²) >= 11 is 0. The summed E-state index contributed by atoms with van der Waals surface area (Å²) in [6, 6.07) is 0. The molecule has 0 saturated carbocycles. The second-order valence-electron chi connectivity index (χ2n) is 5.58. The Morgan fingerprint density at radius 2 is 1.62 bits per heavy atom. The van der Waals surface area contributed by atoms with Crippen LogP contribution in [0.5, 0.6) is 0 Å². The zero-order valence-electron chi connectivity index (χ0n) is 10.2. The van der Waals surface area contributed by atoms with Gasteiger partial charge in [0.25, 0.3) is 0 Å². The smallest absolute Gasteiger partial charge is 0.177 e. The molecule has 0 atom stereocenters. The van der Waals surface area contributed by atoms with Crippen LogP contribution in [0.15, 0.2) is 0 Å². The van der Waals surface area contributed by atoms with Crippen LogP contribution in [0.4, 0.5) is 0 Å². The lowest BCUT2D eigenvalue weighted by Crippen LogP contribution is -2.56. The molecule has 0 unspecified atom stereocenters. The first-order valence-electron chi connectivity index (χ1n) is 4.84. The molecular weight excluding hydrogens is 194 g/mol. The highest BCUT2D eigenvalue weighted by Crippen LogP contribution is 2.03. The molecule has 13 heavy (non-hydrogen) atoms. The van der Waals surface area contributed by atoms with E-state index in [1.807, 2.05) is 0 Å². The summed E-state index contributed by atoms with van der Waals surface area (Å²) in [5.41, 5.74) is 3.49. The van der Waals surface area contributed by atoms with E-state index in [1.165, 1.54) is 0 Å². The zero-order chi connectivity index (χ0) is 10.7. The highest BCUT2D eigenvalue weighted by molar-refractivity contribution is 6.78. The van der Waals surface area contributed by atoms with Crippen LogP contribution in [0.2, 0.25) is 19.6 Å². The third-order valence-corrected chi connectivity index (χ3v) is 8.34. The Hall–Kier alpha value is 0.314. The summed E-state index contributed by atoms with van der Waals surface area (Å²) in [4.78, 5) is 0. The van der Waals surface area contributed by atoms with Crippen LogP contribution in [0.1, 0.15) is 20.8 Å². The minimum absolute atomic E-state index is 0.174. The van der Waals surface area contributed by atoms with E-state index in [9.17, 15) is 0 Å². The van der Waals surface area contributed by atoms with Gasteiger partial charge >= 0.3 is 0 Å². The van der Waals surface area contributed by atoms with Crippen LogP contribution in [-0.4, -0.2) is 34.9 Å². The molecule has 0 fully saturated rings. The van der Waals surface area contributed by atoms with Gasteiger partial charge in [-0.3, -0.25) is 10.5 Å². The first-order valence-corrected chi connectivity index (χ1v) is 9.63. The Morgan fingerprint density at radius 1 is 1.15 bits per heavy atom. The lowest BCUT2D eigenvalue weighted by Gasteiger charge is -2.31. The second-order valence-corrected chi connectivity index (χ2v) is 12.9. The maximum absolute atomic E-state index is 3.38. The topological polar surface area (TPSA) is 27.3 Å². The molecule has 0 rings (SSSR count). The summed E-state index contributed by atoms with van der Waals surface area (Å²) in [7, 11) is 0.853. The molecular formula is C8H25N3Si2. The predicted molar refractivity (Wildman–Crippen MR) is 65.7 cm³/mol. The van der Waals surface area contributed by atoms with Crippen molar-refractivity contribution in [3.8, 4) is 0 Å². The Morgan fingerprint density at radius 3 is 1.92 bits per heavy atom. The van der Waals surface area contributed by atoms with Gasteiger partial charge in [0, 0.05) is 5.54 Å². The third kappa shape index (κ3) is 7.39. The molecule has 0 aromatic rings. The average Bonchev–Trinajstić information content (AvgIpc) is 1.82. The van der Waals surface area contributed by atoms with Gasteiger partial charge in [-0.15, -0.1) is 0 Å². The average molecular weight is 219 g/mol. The molecule has 0 saturated heterocycles. The second kappa shape index (κ2) is 4.70. The van der Waals surface area contributed by atoms with Gasteiger partial charge in [0.1, 0.15) is 8.24 Å². The molecule has 2 N–H and O–H groups in total. The number of hydrogen-bond acceptors (Lipinski definition) is 3. The molecule has 0 bridgehead atoms. The van der Waals surface area contributed by atoms with E-state index >= 15 is 0 Å². The minimum atomic E-state index is -1.06. The molecule has 0 aliphatic rings. The van der Waals surface area contributed by atoms with Gasteiger partial charge < -0.3 is 4.23 Å². The molecule has 5 heteroatoms. The number of hydrazine groups is 1. The van der Waals surface area contributed by atoms with Crippen molar-refractivity contribution in [2.75, 3.05) is 7.05 Å². The van der Waals surface area contributed by atoms with Crippen molar-refractivity contribution < 1.29 is 0 Å². The third-order valence-electron chi connectivity index (χ3n) is 1.92. The van der Waals surface area contributed by atoms with E-state index in [4.69, 9.17) is 0 Å². The van der Waals surface area contributed by atoms with Crippen LogP contribution < -0.4 is 10.5 Å². The van der Waals surface area contributed by atoms with E-state index in [-0.39, 0.29) is 15.4 Å². The minimum Gasteiger partial charge on any atom is -0.341 e. The van der Waals surface area contributed by atoms with E-state index in [1.54, 1.807) is 0 Å². The van der Waals surface area contributed by atoms with Crippen LogP contribution in [-0.2, 0) is 0 Å². The van der Waals surface area contributed by atoms with E-state index in [0.717, 1.165) is 0 Å². The number of nitrogens with zero attached hydrogens (tertiary/aromatic N) is 1. The fraction of sp³-hybridized carbons (Fsp3) is 1.00. The fourth-order valence-corrected chi connectivity index (χ4v) is 3.64. The molecule has 0 aromatic carbocycles. The zero-order valence-corrected chi connectivity index (χ0v) is 12.6. The number of rotatable bonds is 4. The SMILES string of the molecule is CN([SiH2]NNC(C)(C)C)[Si](C)(C)C. The van der Waals surface area contributed by atoms with Gasteiger partial charge in [-0.25, -0.2) is 0 Å². The van der Waals surface area contributed by atoms with Crippen molar-refractivity contribution in [3.05, 3.63) is 0 Å². The Kier molecular flexibility index (Phi) is 4.81. The molecule has 0 aliphatic carbocycles. The van der Waals surface area contributed by atoms with Crippen molar-refractivity contribution in [2.45, 2.75) is 46.0 Å². The Balaban J connectivity index is 3.67. The quantitative estimate of drug-likeness (QED) is 0.537. The van der Waals surface area contributed by atoms with Crippen molar-refractivity contribution >= 4 is 18.1 Å². The molecule has 3 nitrogen and oxygen atoms in total. The lowest BCUT2D eigenvalue weighted by atomic mass is 10.1. The van der Waals surface area contributed by atoms with Crippen molar-refractivity contribution in [1.82, 2.24) is 14.7 Å². The first kappa shape index (κ1) is 13.3. The van der Waals surface area contributed by atoms with Crippen LogP contribution in [0.25, 0.3) is 0 Å². The molecule has 0 heterocycles. The molecule has 0 radical (unpaired) electrons. The Bertz CT molecular complexity index is 148. The monoisotopic (exact) mass is 219 g/mol. The van der Waals surface area contributed by atoms with Crippen LogP contribution in [0, 0.1) is 0 Å². The maximum Gasteiger partial charge on any atom is 0.177 e. The first-order chi connectivity index (χ1) is 5.63. The maximum atomic E-state index is 3.38. The van der Waals surface area contributed by atoms with Gasteiger partial charge in [-0.05, 0) is 27.8 Å². The van der Waals surface area contributed by atoms with Gasteiger partial charge in [0.15, 0.2) is 9.84 Å². The highest BCUT2D eigenvalue weighted by atomic mass is 28.4. The lowest BCUT2D eigenvalue weighted by molar-refractivity contribution is 0.405. The highest BCUT2D eigenvalue weighted by Gasteiger charge is 2.19. The van der Waals surface area contributed by atoms with Crippen molar-refractivity contribution in [1.29, 1.82) is 0 Å². The predicted octanol–water partition coefficient (Wildman–Crippen LogP) is 0.645. The summed E-state index contributed by atoms with van der Waals surface area (Å²) < 4.78 is 2.53. The molecule has 0 amide bonds. The van der Waals surface area contributed by atoms with Gasteiger partial charge in [-0.2, -0.15) is 0 Å². The summed E-state index contributed by atoms with van der Waals surface area (Å²) in [5, 5.41) is 3.38. The summed E-state index contributed by atoms with van der Waals surface area (Å²) in [6.07, 6.45) is 0. The van der Waals surface area contributed by atoms with Gasteiger partial charge in [0.2, 0.25) is 0 Å². The number of nitrogens with one attached hydrogen (secondary N) is 2. The Labute approximate surface area is 86.3 Å². The van der Waals surface area contributed by atoms with Crippen molar-refractivity contribution in [2.24, 2.45) is 0 Å². The molecule has 0 aliphatic heterocycles. The summed E-state index contributed by atoms with van der Waals surface area (Å²) in [6.45, 7) is 13.6. The molecule has 0 aromatic heterocycles. The van der Waals surface area contributed by atoms with Crippen LogP contribution >= 0.6 is 0 Å². The number of hydrogen-bond donors (Lipinski definition) is 2. The largest absolute Gasteiger partial charge is 0.341 e.